The molecular weight excluding hydrogens is 623 g/mol. The molecular formula is C32H36F3N5O5S. The van der Waals surface area contributed by atoms with Crippen LogP contribution in [0, 0.1) is 24.4 Å². The molecule has 3 N–H and O–H groups in total. The maximum absolute atomic E-state index is 15.3. The van der Waals surface area contributed by atoms with E-state index in [9.17, 15) is 26.8 Å². The molecule has 0 spiro atoms. The Bertz CT molecular complexity index is 1670. The number of sulfonamides is 1. The Balaban J connectivity index is 1.46. The van der Waals surface area contributed by atoms with Crippen molar-refractivity contribution in [2.45, 2.75) is 55.9 Å². The quantitative estimate of drug-likeness (QED) is 0.284. The number of halogens is 3. The molecule has 2 heterocycles. The average Bonchev–Trinajstić information content (AvgIpc) is 3.88. The van der Waals surface area contributed by atoms with Gasteiger partial charge in [0.15, 0.2) is 0 Å². The van der Waals surface area contributed by atoms with Gasteiger partial charge in [0.1, 0.15) is 23.5 Å². The predicted molar refractivity (Wildman–Crippen MR) is 165 cm³/mol. The summed E-state index contributed by atoms with van der Waals surface area (Å²) < 4.78 is 76.2. The van der Waals surface area contributed by atoms with Crippen LogP contribution < -0.4 is 16.0 Å². The highest BCUT2D eigenvalue weighted by atomic mass is 32.2. The minimum atomic E-state index is -3.46. The first-order chi connectivity index (χ1) is 22.0. The Hall–Kier alpha value is -4.01. The van der Waals surface area contributed by atoms with Crippen molar-refractivity contribution in [1.29, 1.82) is 0 Å². The second-order valence-corrected chi connectivity index (χ2v) is 13.8. The highest BCUT2D eigenvalue weighted by Crippen LogP contribution is 2.34. The van der Waals surface area contributed by atoms with Crippen LogP contribution in [0.2, 0.25) is 0 Å². The minimum Gasteiger partial charge on any atom is -0.453 e. The van der Waals surface area contributed by atoms with Crippen molar-refractivity contribution >= 4 is 27.7 Å². The van der Waals surface area contributed by atoms with Crippen molar-refractivity contribution in [3.8, 4) is 0 Å². The second-order valence-electron chi connectivity index (χ2n) is 11.6. The number of benzene rings is 2. The second kappa shape index (κ2) is 14.2. The molecule has 46 heavy (non-hydrogen) atoms. The van der Waals surface area contributed by atoms with Gasteiger partial charge in [-0.25, -0.2) is 26.4 Å². The van der Waals surface area contributed by atoms with Crippen molar-refractivity contribution in [3.05, 3.63) is 94.6 Å². The first kappa shape index (κ1) is 33.4. The fourth-order valence-corrected chi connectivity index (χ4v) is 7.96. The Kier molecular flexibility index (Phi) is 10.3. The summed E-state index contributed by atoms with van der Waals surface area (Å²) in [5, 5.41) is 8.01. The third-order valence-electron chi connectivity index (χ3n) is 8.29. The van der Waals surface area contributed by atoms with Crippen molar-refractivity contribution in [3.63, 3.8) is 0 Å². The van der Waals surface area contributed by atoms with E-state index in [0.717, 1.165) is 13.3 Å². The van der Waals surface area contributed by atoms with Gasteiger partial charge < -0.3 is 20.7 Å². The number of alkyl carbamates (subject to hydrolysis) is 1. The first-order valence-electron chi connectivity index (χ1n) is 15.0. The number of nitrogens with one attached hydrogen (secondary N) is 3. The summed E-state index contributed by atoms with van der Waals surface area (Å²) >= 11 is 0. The number of ether oxygens (including phenoxy) is 1. The monoisotopic (exact) mass is 659 g/mol. The van der Waals surface area contributed by atoms with Gasteiger partial charge in [0, 0.05) is 37.2 Å². The molecule has 1 aromatic heterocycles. The summed E-state index contributed by atoms with van der Waals surface area (Å²) in [6.07, 6.45) is 2.91. The molecule has 2 aromatic carbocycles. The van der Waals surface area contributed by atoms with Gasteiger partial charge in [-0.2, -0.15) is 4.31 Å². The molecule has 1 aliphatic carbocycles. The Morgan fingerprint density at radius 1 is 1.07 bits per heavy atom. The van der Waals surface area contributed by atoms with Crippen LogP contribution in [-0.2, 0) is 26.0 Å². The van der Waals surface area contributed by atoms with Crippen LogP contribution in [0.5, 0.6) is 0 Å². The van der Waals surface area contributed by atoms with E-state index < -0.39 is 57.5 Å². The van der Waals surface area contributed by atoms with E-state index in [2.05, 4.69) is 20.9 Å². The zero-order chi connectivity index (χ0) is 33.0. The van der Waals surface area contributed by atoms with Crippen LogP contribution in [0.3, 0.4) is 0 Å². The van der Waals surface area contributed by atoms with Crippen molar-refractivity contribution < 1.29 is 35.9 Å². The van der Waals surface area contributed by atoms with Crippen molar-refractivity contribution in [2.24, 2.45) is 0 Å². The van der Waals surface area contributed by atoms with Gasteiger partial charge in [-0.15, -0.1) is 0 Å². The molecule has 0 unspecified atom stereocenters. The molecule has 0 bridgehead atoms. The smallest absolute Gasteiger partial charge is 0.407 e. The van der Waals surface area contributed by atoms with E-state index in [1.54, 1.807) is 13.0 Å². The van der Waals surface area contributed by atoms with Gasteiger partial charge in [0.25, 0.3) is 0 Å². The average molecular weight is 660 g/mol. The summed E-state index contributed by atoms with van der Waals surface area (Å²) in [6.45, 7) is 2.90. The van der Waals surface area contributed by atoms with E-state index >= 15 is 4.39 Å². The highest BCUT2D eigenvalue weighted by molar-refractivity contribution is 7.90. The number of anilines is 1. The lowest BCUT2D eigenvalue weighted by atomic mass is 9.83. The number of nitrogens with zero attached hydrogens (tertiary/aromatic N) is 2. The summed E-state index contributed by atoms with van der Waals surface area (Å²) in [6, 6.07) is 7.53. The summed E-state index contributed by atoms with van der Waals surface area (Å²) in [7, 11) is -2.35. The zero-order valence-corrected chi connectivity index (χ0v) is 26.2. The van der Waals surface area contributed by atoms with Gasteiger partial charge >= 0.3 is 6.09 Å². The van der Waals surface area contributed by atoms with Gasteiger partial charge in [-0.1, -0.05) is 18.2 Å². The third kappa shape index (κ3) is 7.68. The Morgan fingerprint density at radius 3 is 2.48 bits per heavy atom. The number of carbonyl (C=O) groups is 2. The SMILES string of the molecule is COC(=O)N[C@H](C(=O)Nc1cncc(F)c1CC[C@H]1CNCCN1S(=O)(=O)C1CC1)[C@@H](c1ccc(F)cc1)c1cc(C)cc(F)c1. The van der Waals surface area contributed by atoms with Crippen LogP contribution in [0.15, 0.2) is 54.9 Å². The number of aromatic nitrogens is 1. The zero-order valence-electron chi connectivity index (χ0n) is 25.4. The Morgan fingerprint density at radius 2 is 1.80 bits per heavy atom. The van der Waals surface area contributed by atoms with E-state index in [-0.39, 0.29) is 29.3 Å². The van der Waals surface area contributed by atoms with Crippen LogP contribution in [0.1, 0.15) is 47.4 Å². The topological polar surface area (TPSA) is 130 Å². The third-order valence-corrected chi connectivity index (χ3v) is 10.7. The molecule has 1 saturated heterocycles. The summed E-state index contributed by atoms with van der Waals surface area (Å²) in [4.78, 5) is 30.4. The van der Waals surface area contributed by atoms with Crippen LogP contribution in [-0.4, -0.2) is 73.8 Å². The van der Waals surface area contributed by atoms with E-state index in [1.807, 2.05) is 0 Å². The van der Waals surface area contributed by atoms with E-state index in [1.165, 1.54) is 46.9 Å². The summed E-state index contributed by atoms with van der Waals surface area (Å²) in [5.41, 5.74) is 1.39. The van der Waals surface area contributed by atoms with E-state index in [4.69, 9.17) is 4.74 Å². The molecule has 246 valence electrons. The lowest BCUT2D eigenvalue weighted by molar-refractivity contribution is -0.118. The molecule has 2 amide bonds. The van der Waals surface area contributed by atoms with Crippen LogP contribution in [0.25, 0.3) is 0 Å². The molecule has 1 saturated carbocycles. The molecule has 2 aliphatic rings. The number of methoxy groups -OCH3 is 1. The number of aryl methyl sites for hydroxylation is 1. The molecule has 10 nitrogen and oxygen atoms in total. The number of amides is 2. The maximum atomic E-state index is 15.3. The van der Waals surface area contributed by atoms with Crippen LogP contribution >= 0.6 is 0 Å². The molecule has 14 heteroatoms. The van der Waals surface area contributed by atoms with Crippen LogP contribution in [0.4, 0.5) is 23.7 Å². The van der Waals surface area contributed by atoms with Crippen molar-refractivity contribution in [2.75, 3.05) is 32.1 Å². The predicted octanol–water partition coefficient (Wildman–Crippen LogP) is 4.00. The molecule has 3 atom stereocenters. The fraction of sp³-hybridized carbons (Fsp3) is 0.406. The van der Waals surface area contributed by atoms with Gasteiger partial charge in [-0.3, -0.25) is 9.78 Å². The lowest BCUT2D eigenvalue weighted by Gasteiger charge is -2.35. The molecule has 5 rings (SSSR count). The number of carbonyl (C=O) groups excluding carboxylic acids is 2. The molecule has 3 aromatic rings. The number of piperazine rings is 1. The fourth-order valence-electron chi connectivity index (χ4n) is 5.90. The normalized spacial score (nSPS) is 18.4. The highest BCUT2D eigenvalue weighted by Gasteiger charge is 2.43. The van der Waals surface area contributed by atoms with Gasteiger partial charge in [0.05, 0.1) is 30.4 Å². The van der Waals surface area contributed by atoms with Crippen molar-refractivity contribution in [1.82, 2.24) is 19.9 Å². The standard InChI is InChI=1S/C32H36F3N5O5S/c1-19-13-21(15-23(34)14-19)29(20-3-5-22(33)6-4-20)30(39-32(42)45-2)31(41)38-28-18-37-17-27(35)26(28)10-7-24-16-36-11-12-40(24)46(43,44)25-8-9-25/h3-6,13-15,17-18,24-25,29-30,36H,7-12,16H2,1-2H3,(H,38,41)(H,39,42)/t24-,29-,30-/m0/s1. The van der Waals surface area contributed by atoms with E-state index in [0.29, 0.717) is 49.2 Å². The number of rotatable bonds is 11. The first-order valence-corrected chi connectivity index (χ1v) is 16.5. The lowest BCUT2D eigenvalue weighted by Crippen LogP contribution is -2.54. The Labute approximate surface area is 265 Å². The number of pyridine rings is 1. The van der Waals surface area contributed by atoms with Gasteiger partial charge in [0.2, 0.25) is 15.9 Å². The minimum absolute atomic E-state index is 0.0234. The number of hydrogen-bond donors (Lipinski definition) is 3. The number of hydrogen-bond acceptors (Lipinski definition) is 7. The summed E-state index contributed by atoms with van der Waals surface area (Å²) in [5.74, 6) is -3.63. The molecule has 0 radical (unpaired) electrons. The largest absolute Gasteiger partial charge is 0.453 e. The van der Waals surface area contributed by atoms with Gasteiger partial charge in [-0.05, 0) is 73.6 Å². The molecule has 2 fully saturated rings. The maximum Gasteiger partial charge on any atom is 0.407 e. The molecule has 1 aliphatic heterocycles.